The van der Waals surface area contributed by atoms with E-state index in [-0.39, 0.29) is 11.6 Å². The molecule has 1 heterocycles. The third kappa shape index (κ3) is 3.94. The molecule has 0 fully saturated rings. The van der Waals surface area contributed by atoms with Gasteiger partial charge in [0, 0.05) is 11.8 Å². The number of carbonyl (C=O) groups is 1. The fraction of sp³-hybridized carbons (Fsp3) is 0.158. The van der Waals surface area contributed by atoms with Crippen molar-refractivity contribution in [1.29, 1.82) is 0 Å². The van der Waals surface area contributed by atoms with Gasteiger partial charge in [0.2, 0.25) is 5.91 Å². The maximum atomic E-state index is 12.1. The zero-order chi connectivity index (χ0) is 18.5. The Kier molecular flexibility index (Phi) is 5.07. The minimum absolute atomic E-state index is 0.282. The largest absolute Gasteiger partial charge is 0.493 e. The number of amides is 1. The smallest absolute Gasteiger partial charge is 0.323 e. The van der Waals surface area contributed by atoms with Gasteiger partial charge in [-0.1, -0.05) is 6.07 Å². The number of aromatic nitrogens is 2. The molecule has 3 rings (SSSR count). The quantitative estimate of drug-likeness (QED) is 0.594. The van der Waals surface area contributed by atoms with Gasteiger partial charge >= 0.3 is 5.69 Å². The van der Waals surface area contributed by atoms with E-state index in [4.69, 9.17) is 9.47 Å². The van der Waals surface area contributed by atoms with Gasteiger partial charge in [0.1, 0.15) is 0 Å². The highest BCUT2D eigenvalue weighted by molar-refractivity contribution is 6.02. The van der Waals surface area contributed by atoms with Crippen molar-refractivity contribution < 1.29 is 14.3 Å². The first-order valence-electron chi connectivity index (χ1n) is 8.11. The summed E-state index contributed by atoms with van der Waals surface area (Å²) in [6.07, 6.45) is 3.11. The van der Waals surface area contributed by atoms with Crippen LogP contribution in [0.2, 0.25) is 0 Å². The zero-order valence-electron chi connectivity index (χ0n) is 14.5. The lowest BCUT2D eigenvalue weighted by atomic mass is 10.2. The van der Waals surface area contributed by atoms with E-state index >= 15 is 0 Å². The number of carbonyl (C=O) groups excluding carboxylic acids is 1. The number of anilines is 1. The third-order valence-corrected chi connectivity index (χ3v) is 3.70. The van der Waals surface area contributed by atoms with Crippen LogP contribution >= 0.6 is 0 Å². The topological polar surface area (TPSA) is 96.2 Å². The van der Waals surface area contributed by atoms with Crippen molar-refractivity contribution in [1.82, 2.24) is 9.97 Å². The second kappa shape index (κ2) is 7.60. The van der Waals surface area contributed by atoms with Gasteiger partial charge in [-0.15, -0.1) is 0 Å². The van der Waals surface area contributed by atoms with Crippen LogP contribution in [0.1, 0.15) is 12.5 Å². The van der Waals surface area contributed by atoms with Crippen LogP contribution in [0.3, 0.4) is 0 Å². The van der Waals surface area contributed by atoms with Gasteiger partial charge in [-0.3, -0.25) is 4.79 Å². The molecule has 0 unspecified atom stereocenters. The molecule has 26 heavy (non-hydrogen) atoms. The average molecular weight is 353 g/mol. The Balaban J connectivity index is 1.71. The molecule has 7 heteroatoms. The molecule has 0 aliphatic rings. The highest BCUT2D eigenvalue weighted by atomic mass is 16.5. The molecule has 1 aromatic heterocycles. The summed E-state index contributed by atoms with van der Waals surface area (Å²) in [5.74, 6) is 0.983. The molecular weight excluding hydrogens is 334 g/mol. The molecule has 2 aromatic carbocycles. The number of fused-ring (bicyclic) bond motifs is 1. The Morgan fingerprint density at radius 3 is 2.69 bits per heavy atom. The summed E-state index contributed by atoms with van der Waals surface area (Å²) in [4.78, 5) is 28.7. The number of imidazole rings is 1. The maximum absolute atomic E-state index is 12.1. The minimum Gasteiger partial charge on any atom is -0.493 e. The summed E-state index contributed by atoms with van der Waals surface area (Å²) in [5.41, 5.74) is 2.43. The van der Waals surface area contributed by atoms with Gasteiger partial charge in [-0.2, -0.15) is 0 Å². The van der Waals surface area contributed by atoms with E-state index in [2.05, 4.69) is 15.3 Å². The Labute approximate surface area is 149 Å². The number of H-pyrrole nitrogens is 2. The zero-order valence-corrected chi connectivity index (χ0v) is 14.5. The summed E-state index contributed by atoms with van der Waals surface area (Å²) in [7, 11) is 1.57. The Bertz CT molecular complexity index is 1020. The van der Waals surface area contributed by atoms with Gasteiger partial charge in [0.15, 0.2) is 11.5 Å². The van der Waals surface area contributed by atoms with Crippen LogP contribution in [0, 0.1) is 0 Å². The van der Waals surface area contributed by atoms with Gasteiger partial charge < -0.3 is 24.8 Å². The number of ether oxygens (including phenoxy) is 2. The van der Waals surface area contributed by atoms with Gasteiger partial charge in [-0.25, -0.2) is 4.79 Å². The normalized spacial score (nSPS) is 11.0. The lowest BCUT2D eigenvalue weighted by Gasteiger charge is -2.09. The van der Waals surface area contributed by atoms with Crippen molar-refractivity contribution in [3.05, 3.63) is 58.5 Å². The molecule has 0 saturated carbocycles. The van der Waals surface area contributed by atoms with E-state index in [9.17, 15) is 9.59 Å². The first-order chi connectivity index (χ1) is 12.6. The molecule has 0 saturated heterocycles. The molecule has 0 aliphatic carbocycles. The number of methoxy groups -OCH3 is 1. The Morgan fingerprint density at radius 2 is 1.92 bits per heavy atom. The molecule has 1 amide bonds. The van der Waals surface area contributed by atoms with Crippen molar-refractivity contribution in [2.45, 2.75) is 6.92 Å². The van der Waals surface area contributed by atoms with Crippen LogP contribution in [0.25, 0.3) is 17.1 Å². The van der Waals surface area contributed by atoms with Crippen LogP contribution in [0.4, 0.5) is 5.69 Å². The fourth-order valence-corrected chi connectivity index (χ4v) is 2.53. The molecule has 7 nitrogen and oxygen atoms in total. The molecule has 0 spiro atoms. The van der Waals surface area contributed by atoms with Crippen molar-refractivity contribution in [2.75, 3.05) is 19.0 Å². The molecule has 0 atom stereocenters. The summed E-state index contributed by atoms with van der Waals surface area (Å²) in [5, 5.41) is 2.76. The first kappa shape index (κ1) is 17.3. The monoisotopic (exact) mass is 353 g/mol. The highest BCUT2D eigenvalue weighted by Gasteiger charge is 2.05. The van der Waals surface area contributed by atoms with Crippen molar-refractivity contribution >= 4 is 28.7 Å². The molecule has 3 aromatic rings. The summed E-state index contributed by atoms with van der Waals surface area (Å²) >= 11 is 0. The van der Waals surface area contributed by atoms with Gasteiger partial charge in [0.05, 0.1) is 24.8 Å². The van der Waals surface area contributed by atoms with Crippen LogP contribution < -0.4 is 20.5 Å². The van der Waals surface area contributed by atoms with E-state index < -0.39 is 0 Å². The maximum Gasteiger partial charge on any atom is 0.323 e. The minimum atomic E-state index is -0.284. The van der Waals surface area contributed by atoms with Gasteiger partial charge in [0.25, 0.3) is 0 Å². The first-order valence-corrected chi connectivity index (χ1v) is 8.11. The number of hydrogen-bond acceptors (Lipinski definition) is 4. The molecule has 0 aliphatic heterocycles. The number of aromatic amines is 2. The molecule has 3 N–H and O–H groups in total. The number of hydrogen-bond donors (Lipinski definition) is 3. The number of rotatable bonds is 6. The summed E-state index contributed by atoms with van der Waals surface area (Å²) < 4.78 is 10.8. The summed E-state index contributed by atoms with van der Waals surface area (Å²) in [6, 6.07) is 10.6. The highest BCUT2D eigenvalue weighted by Crippen LogP contribution is 2.28. The average Bonchev–Trinajstić information content (AvgIpc) is 3.00. The molecule has 0 bridgehead atoms. The van der Waals surface area contributed by atoms with E-state index in [1.165, 1.54) is 6.08 Å². The second-order valence-corrected chi connectivity index (χ2v) is 5.51. The van der Waals surface area contributed by atoms with E-state index in [0.717, 1.165) is 5.56 Å². The van der Waals surface area contributed by atoms with Crippen LogP contribution in [-0.4, -0.2) is 29.6 Å². The molecule has 0 radical (unpaired) electrons. The Morgan fingerprint density at radius 1 is 1.12 bits per heavy atom. The Hall–Kier alpha value is -3.48. The van der Waals surface area contributed by atoms with E-state index in [0.29, 0.717) is 34.8 Å². The number of benzene rings is 2. The van der Waals surface area contributed by atoms with Crippen molar-refractivity contribution in [3.63, 3.8) is 0 Å². The lowest BCUT2D eigenvalue weighted by molar-refractivity contribution is -0.111. The molecule has 134 valence electrons. The number of nitrogens with one attached hydrogen (secondary N) is 3. The van der Waals surface area contributed by atoms with Crippen LogP contribution in [0.15, 0.2) is 47.3 Å². The predicted molar refractivity (Wildman–Crippen MR) is 101 cm³/mol. The third-order valence-electron chi connectivity index (χ3n) is 3.70. The van der Waals surface area contributed by atoms with Crippen LogP contribution in [0.5, 0.6) is 11.5 Å². The van der Waals surface area contributed by atoms with Gasteiger partial charge in [-0.05, 0) is 48.9 Å². The van der Waals surface area contributed by atoms with E-state index in [1.54, 1.807) is 43.5 Å². The standard InChI is InChI=1S/C19H19N3O4/c1-3-26-16-8-4-12(10-17(16)25-2)5-9-18(23)20-13-6-7-14-15(11-13)22-19(24)21-14/h4-11H,3H2,1-2H3,(H,20,23)(H2,21,22,24). The van der Waals surface area contributed by atoms with Crippen molar-refractivity contribution in [3.8, 4) is 11.5 Å². The van der Waals surface area contributed by atoms with E-state index in [1.807, 2.05) is 13.0 Å². The predicted octanol–water partition coefficient (Wildman–Crippen LogP) is 2.92. The fourth-order valence-electron chi connectivity index (χ4n) is 2.53. The lowest BCUT2D eigenvalue weighted by Crippen LogP contribution is -2.07. The molecular formula is C19H19N3O4. The van der Waals surface area contributed by atoms with Crippen LogP contribution in [-0.2, 0) is 4.79 Å². The SMILES string of the molecule is CCOc1ccc(C=CC(=O)Nc2ccc3[nH]c(=O)[nH]c3c2)cc1OC. The summed E-state index contributed by atoms with van der Waals surface area (Å²) in [6.45, 7) is 2.45. The second-order valence-electron chi connectivity index (χ2n) is 5.51. The van der Waals surface area contributed by atoms with Crippen molar-refractivity contribution in [2.24, 2.45) is 0 Å².